The second kappa shape index (κ2) is 7.72. The topological polar surface area (TPSA) is 93.7 Å². The summed E-state index contributed by atoms with van der Waals surface area (Å²) < 4.78 is 38.3. The maximum Gasteiger partial charge on any atom is 0.347 e. The first kappa shape index (κ1) is 18.2. The van der Waals surface area contributed by atoms with Gasteiger partial charge in [-0.25, -0.2) is 17.9 Å². The number of carbonyl (C=O) groups is 1. The van der Waals surface area contributed by atoms with E-state index in [1.165, 1.54) is 6.07 Å². The number of benzene rings is 1. The van der Waals surface area contributed by atoms with E-state index in [1.807, 2.05) is 0 Å². The number of ether oxygens (including phenoxy) is 2. The van der Waals surface area contributed by atoms with Crippen LogP contribution in [0.15, 0.2) is 23.1 Å². The normalized spacial score (nSPS) is 22.9. The van der Waals surface area contributed by atoms with Gasteiger partial charge in [0.1, 0.15) is 5.75 Å². The van der Waals surface area contributed by atoms with Crippen molar-refractivity contribution in [2.45, 2.75) is 37.2 Å². The van der Waals surface area contributed by atoms with Crippen LogP contribution in [-0.2, 0) is 26.0 Å². The molecule has 0 saturated carbocycles. The van der Waals surface area contributed by atoms with Gasteiger partial charge in [0.05, 0.1) is 11.5 Å². The number of fused-ring (bicyclic) bond motifs is 1. The van der Waals surface area contributed by atoms with Crippen LogP contribution in [0.5, 0.6) is 5.75 Å². The smallest absolute Gasteiger partial charge is 0.347 e. The van der Waals surface area contributed by atoms with Crippen LogP contribution >= 0.6 is 0 Å². The standard InChI is InChI=1S/C17H24N2O5S/c1-2-23-17(20)16-9-13-8-14(5-6-15(13)24-16)25(21,22)19-11-12-4-3-7-18-10-12/h5-6,8,12,16,18-19H,2-4,7,9-11H2,1H3. The lowest BCUT2D eigenvalue weighted by atomic mass is 10.0. The third-order valence-corrected chi connectivity index (χ3v) is 5.95. The zero-order valence-electron chi connectivity index (χ0n) is 14.3. The first-order valence-electron chi connectivity index (χ1n) is 8.66. The lowest BCUT2D eigenvalue weighted by Gasteiger charge is -2.22. The summed E-state index contributed by atoms with van der Waals surface area (Å²) in [4.78, 5) is 12.0. The van der Waals surface area contributed by atoms with Crippen molar-refractivity contribution in [3.63, 3.8) is 0 Å². The predicted molar refractivity (Wildman–Crippen MR) is 92.0 cm³/mol. The molecule has 0 spiro atoms. The maximum absolute atomic E-state index is 12.5. The van der Waals surface area contributed by atoms with Crippen molar-refractivity contribution in [1.29, 1.82) is 0 Å². The molecule has 1 fully saturated rings. The van der Waals surface area contributed by atoms with E-state index in [-0.39, 0.29) is 11.5 Å². The molecule has 8 heteroatoms. The first-order valence-corrected chi connectivity index (χ1v) is 10.1. The number of nitrogens with one attached hydrogen (secondary N) is 2. The number of sulfonamides is 1. The molecule has 0 bridgehead atoms. The SMILES string of the molecule is CCOC(=O)C1Cc2cc(S(=O)(=O)NCC3CCCNC3)ccc2O1. The Morgan fingerprint density at radius 1 is 1.44 bits per heavy atom. The largest absolute Gasteiger partial charge is 0.478 e. The molecule has 0 aromatic heterocycles. The van der Waals surface area contributed by atoms with Crippen molar-refractivity contribution < 1.29 is 22.7 Å². The first-order chi connectivity index (χ1) is 12.0. The van der Waals surface area contributed by atoms with Crippen LogP contribution in [-0.4, -0.2) is 46.7 Å². The fraction of sp³-hybridized carbons (Fsp3) is 0.588. The van der Waals surface area contributed by atoms with E-state index in [0.29, 0.717) is 30.2 Å². The van der Waals surface area contributed by atoms with Crippen molar-refractivity contribution in [3.05, 3.63) is 23.8 Å². The highest BCUT2D eigenvalue weighted by atomic mass is 32.2. The second-order valence-corrected chi connectivity index (χ2v) is 8.16. The van der Waals surface area contributed by atoms with Gasteiger partial charge >= 0.3 is 5.97 Å². The number of carbonyl (C=O) groups excluding carboxylic acids is 1. The Morgan fingerprint density at radius 3 is 3.00 bits per heavy atom. The maximum atomic E-state index is 12.5. The number of rotatable bonds is 6. The third kappa shape index (κ3) is 4.31. The molecule has 1 aromatic rings. The molecule has 0 aliphatic carbocycles. The minimum atomic E-state index is -3.58. The molecule has 0 radical (unpaired) electrons. The Bertz CT molecular complexity index is 729. The Balaban J connectivity index is 1.66. The molecule has 2 aliphatic rings. The van der Waals surface area contributed by atoms with E-state index in [0.717, 1.165) is 25.9 Å². The van der Waals surface area contributed by atoms with E-state index in [2.05, 4.69) is 10.0 Å². The van der Waals surface area contributed by atoms with Gasteiger partial charge in [-0.15, -0.1) is 0 Å². The molecule has 1 aromatic carbocycles. The molecule has 2 atom stereocenters. The Morgan fingerprint density at radius 2 is 2.28 bits per heavy atom. The molecule has 2 heterocycles. The Hall–Kier alpha value is -1.64. The lowest BCUT2D eigenvalue weighted by Crippen LogP contribution is -2.38. The van der Waals surface area contributed by atoms with E-state index >= 15 is 0 Å². The third-order valence-electron chi connectivity index (χ3n) is 4.53. The lowest BCUT2D eigenvalue weighted by molar-refractivity contribution is -0.150. The highest BCUT2D eigenvalue weighted by molar-refractivity contribution is 7.89. The summed E-state index contributed by atoms with van der Waals surface area (Å²) in [5, 5.41) is 3.28. The molecule has 7 nitrogen and oxygen atoms in total. The van der Waals surface area contributed by atoms with E-state index in [4.69, 9.17) is 9.47 Å². The van der Waals surface area contributed by atoms with Gasteiger partial charge in [0.15, 0.2) is 6.10 Å². The van der Waals surface area contributed by atoms with Crippen molar-refractivity contribution in [1.82, 2.24) is 10.0 Å². The fourth-order valence-electron chi connectivity index (χ4n) is 3.17. The van der Waals surface area contributed by atoms with Crippen LogP contribution in [0.3, 0.4) is 0 Å². The minimum absolute atomic E-state index is 0.197. The summed E-state index contributed by atoms with van der Waals surface area (Å²) >= 11 is 0. The molecule has 2 N–H and O–H groups in total. The van der Waals surface area contributed by atoms with Gasteiger partial charge < -0.3 is 14.8 Å². The summed E-state index contributed by atoms with van der Waals surface area (Å²) in [6, 6.07) is 4.69. The Kier molecular flexibility index (Phi) is 5.61. The minimum Gasteiger partial charge on any atom is -0.478 e. The van der Waals surface area contributed by atoms with Crippen LogP contribution < -0.4 is 14.8 Å². The van der Waals surface area contributed by atoms with Crippen LogP contribution in [0.25, 0.3) is 0 Å². The average molecular weight is 368 g/mol. The fourth-order valence-corrected chi connectivity index (χ4v) is 4.33. The molecular formula is C17H24N2O5S. The van der Waals surface area contributed by atoms with Crippen molar-refractivity contribution in [2.75, 3.05) is 26.2 Å². The van der Waals surface area contributed by atoms with Gasteiger partial charge in [0, 0.05) is 13.0 Å². The van der Waals surface area contributed by atoms with E-state index < -0.39 is 22.1 Å². The number of piperidine rings is 1. The number of esters is 1. The van der Waals surface area contributed by atoms with E-state index in [9.17, 15) is 13.2 Å². The van der Waals surface area contributed by atoms with Gasteiger partial charge in [-0.05, 0) is 62.5 Å². The average Bonchev–Trinajstić information content (AvgIpc) is 3.05. The molecule has 138 valence electrons. The van der Waals surface area contributed by atoms with Crippen molar-refractivity contribution in [3.8, 4) is 5.75 Å². The number of hydrogen-bond acceptors (Lipinski definition) is 6. The van der Waals surface area contributed by atoms with Crippen LogP contribution in [0.1, 0.15) is 25.3 Å². The van der Waals surface area contributed by atoms with Crippen molar-refractivity contribution in [2.24, 2.45) is 5.92 Å². The predicted octanol–water partition coefficient (Wildman–Crippen LogP) is 0.831. The molecule has 2 unspecified atom stereocenters. The summed E-state index contributed by atoms with van der Waals surface area (Å²) in [7, 11) is -3.58. The molecule has 3 rings (SSSR count). The van der Waals surface area contributed by atoms with Gasteiger partial charge in [-0.3, -0.25) is 0 Å². The zero-order valence-corrected chi connectivity index (χ0v) is 15.1. The Labute approximate surface area is 148 Å². The molecule has 25 heavy (non-hydrogen) atoms. The summed E-state index contributed by atoms with van der Waals surface area (Å²) in [5.41, 5.74) is 0.709. The molecule has 2 aliphatic heterocycles. The van der Waals surface area contributed by atoms with Crippen molar-refractivity contribution >= 4 is 16.0 Å². The number of hydrogen-bond donors (Lipinski definition) is 2. The monoisotopic (exact) mass is 368 g/mol. The van der Waals surface area contributed by atoms with E-state index in [1.54, 1.807) is 19.1 Å². The van der Waals surface area contributed by atoms with Gasteiger partial charge in [-0.2, -0.15) is 0 Å². The molecule has 1 saturated heterocycles. The van der Waals surface area contributed by atoms with Crippen LogP contribution in [0.4, 0.5) is 0 Å². The second-order valence-electron chi connectivity index (χ2n) is 6.40. The van der Waals surface area contributed by atoms with Crippen LogP contribution in [0.2, 0.25) is 0 Å². The zero-order chi connectivity index (χ0) is 17.9. The molecule has 0 amide bonds. The summed E-state index contributed by atoms with van der Waals surface area (Å²) in [6.45, 7) is 4.28. The van der Waals surface area contributed by atoms with Gasteiger partial charge in [0.2, 0.25) is 10.0 Å². The van der Waals surface area contributed by atoms with Gasteiger partial charge in [-0.1, -0.05) is 0 Å². The van der Waals surface area contributed by atoms with Crippen LogP contribution in [0, 0.1) is 5.92 Å². The molecular weight excluding hydrogens is 344 g/mol. The highest BCUT2D eigenvalue weighted by Crippen LogP contribution is 2.31. The van der Waals surface area contributed by atoms with Gasteiger partial charge in [0.25, 0.3) is 0 Å². The summed E-state index contributed by atoms with van der Waals surface area (Å²) in [6.07, 6.45) is 1.71. The summed E-state index contributed by atoms with van der Waals surface area (Å²) in [5.74, 6) is 0.425. The highest BCUT2D eigenvalue weighted by Gasteiger charge is 2.31. The quantitative estimate of drug-likeness (QED) is 0.723.